The fraction of sp³-hybridized carbons (Fsp3) is 0.368. The summed E-state index contributed by atoms with van der Waals surface area (Å²) in [4.78, 5) is 26.8. The molecule has 1 aromatic carbocycles. The predicted octanol–water partition coefficient (Wildman–Crippen LogP) is 3.64. The minimum Gasteiger partial charge on any atom is -0.371 e. The van der Waals surface area contributed by atoms with Crippen LogP contribution in [0.2, 0.25) is 0 Å². The number of benzene rings is 1. The van der Waals surface area contributed by atoms with Gasteiger partial charge in [-0.1, -0.05) is 12.1 Å². The summed E-state index contributed by atoms with van der Waals surface area (Å²) in [6, 6.07) is 10.3. The van der Waals surface area contributed by atoms with Gasteiger partial charge < -0.3 is 10.2 Å². The molecular formula is C19H21FN2O2S. The van der Waals surface area contributed by atoms with Crippen LogP contribution in [0.15, 0.2) is 41.8 Å². The number of thiophene rings is 1. The van der Waals surface area contributed by atoms with Crippen LogP contribution in [0.1, 0.15) is 35.4 Å². The molecule has 6 heteroatoms. The van der Waals surface area contributed by atoms with E-state index in [-0.39, 0.29) is 36.4 Å². The molecule has 1 aromatic heterocycles. The van der Waals surface area contributed by atoms with Gasteiger partial charge in [-0.25, -0.2) is 4.39 Å². The normalized spacial score (nSPS) is 15.2. The minimum absolute atomic E-state index is 0.0195. The van der Waals surface area contributed by atoms with Crippen molar-refractivity contribution >= 4 is 28.7 Å². The molecule has 1 aliphatic heterocycles. The molecule has 2 heterocycles. The van der Waals surface area contributed by atoms with Gasteiger partial charge in [-0.15, -0.1) is 11.3 Å². The summed E-state index contributed by atoms with van der Waals surface area (Å²) in [6.45, 7) is 1.56. The second kappa shape index (κ2) is 8.25. The number of hydrogen-bond acceptors (Lipinski definition) is 4. The van der Waals surface area contributed by atoms with Gasteiger partial charge in [0.1, 0.15) is 5.82 Å². The second-order valence-electron chi connectivity index (χ2n) is 6.21. The Balaban J connectivity index is 1.41. The largest absolute Gasteiger partial charge is 0.371 e. The van der Waals surface area contributed by atoms with Crippen molar-refractivity contribution < 1.29 is 14.0 Å². The smallest absolute Gasteiger partial charge is 0.220 e. The molecule has 1 N–H and O–H groups in total. The van der Waals surface area contributed by atoms with Crippen molar-refractivity contribution in [2.75, 3.05) is 18.0 Å². The van der Waals surface area contributed by atoms with Crippen LogP contribution in [0, 0.1) is 5.82 Å². The van der Waals surface area contributed by atoms with Gasteiger partial charge in [0.15, 0.2) is 5.78 Å². The van der Waals surface area contributed by atoms with Crippen molar-refractivity contribution in [3.8, 4) is 0 Å². The Bertz CT molecular complexity index is 725. The molecule has 25 heavy (non-hydrogen) atoms. The average Bonchev–Trinajstić information content (AvgIpc) is 3.15. The summed E-state index contributed by atoms with van der Waals surface area (Å²) < 4.78 is 13.3. The number of halogens is 1. The molecule has 0 bridgehead atoms. The minimum atomic E-state index is -0.233. The Morgan fingerprint density at radius 2 is 1.96 bits per heavy atom. The summed E-state index contributed by atoms with van der Waals surface area (Å²) in [7, 11) is 0. The quantitative estimate of drug-likeness (QED) is 0.800. The van der Waals surface area contributed by atoms with Crippen molar-refractivity contribution in [2.24, 2.45) is 0 Å². The second-order valence-corrected chi connectivity index (χ2v) is 7.16. The first kappa shape index (κ1) is 17.6. The number of anilines is 1. The highest BCUT2D eigenvalue weighted by atomic mass is 32.1. The highest BCUT2D eigenvalue weighted by Gasteiger charge is 2.21. The molecule has 0 aliphatic carbocycles. The fourth-order valence-corrected chi connectivity index (χ4v) is 3.74. The molecule has 1 saturated heterocycles. The summed E-state index contributed by atoms with van der Waals surface area (Å²) in [5.41, 5.74) is 0.881. The molecule has 1 fully saturated rings. The number of nitrogens with one attached hydrogen (secondary N) is 1. The molecule has 0 atom stereocenters. The van der Waals surface area contributed by atoms with Crippen LogP contribution >= 0.6 is 11.3 Å². The maximum Gasteiger partial charge on any atom is 0.220 e. The zero-order chi connectivity index (χ0) is 17.6. The van der Waals surface area contributed by atoms with Crippen LogP contribution in [0.5, 0.6) is 0 Å². The molecule has 2 aromatic rings. The topological polar surface area (TPSA) is 49.4 Å². The van der Waals surface area contributed by atoms with Crippen molar-refractivity contribution in [3.05, 3.63) is 52.5 Å². The first-order chi connectivity index (χ1) is 12.1. The third kappa shape index (κ3) is 4.89. The number of nitrogens with zero attached hydrogens (tertiary/aromatic N) is 1. The lowest BCUT2D eigenvalue weighted by atomic mass is 10.0. The summed E-state index contributed by atoms with van der Waals surface area (Å²) in [6.07, 6.45) is 2.11. The molecule has 0 spiro atoms. The van der Waals surface area contributed by atoms with E-state index in [4.69, 9.17) is 0 Å². The number of carbonyl (C=O) groups excluding carboxylic acids is 2. The van der Waals surface area contributed by atoms with E-state index in [1.807, 2.05) is 17.5 Å². The van der Waals surface area contributed by atoms with E-state index in [0.29, 0.717) is 4.88 Å². The van der Waals surface area contributed by atoms with E-state index in [9.17, 15) is 14.0 Å². The predicted molar refractivity (Wildman–Crippen MR) is 97.7 cm³/mol. The van der Waals surface area contributed by atoms with Gasteiger partial charge in [0.05, 0.1) is 4.88 Å². The van der Waals surface area contributed by atoms with Gasteiger partial charge >= 0.3 is 0 Å². The third-order valence-electron chi connectivity index (χ3n) is 4.41. The van der Waals surface area contributed by atoms with Crippen LogP contribution in [0.3, 0.4) is 0 Å². The SMILES string of the molecule is O=C(CCC(=O)c1cccs1)NC1CCN(c2cccc(F)c2)CC1. The lowest BCUT2D eigenvalue weighted by molar-refractivity contribution is -0.121. The molecule has 0 unspecified atom stereocenters. The van der Waals surface area contributed by atoms with Gasteiger partial charge in [0, 0.05) is 37.7 Å². The zero-order valence-corrected chi connectivity index (χ0v) is 14.7. The summed E-state index contributed by atoms with van der Waals surface area (Å²) >= 11 is 1.40. The van der Waals surface area contributed by atoms with Gasteiger partial charge in [-0.3, -0.25) is 9.59 Å². The maximum absolute atomic E-state index is 13.3. The number of Topliss-reactive ketones (excluding diaryl/α,β-unsaturated/α-hetero) is 1. The lowest BCUT2D eigenvalue weighted by Crippen LogP contribution is -2.44. The summed E-state index contributed by atoms with van der Waals surface area (Å²) in [5.74, 6) is -0.288. The van der Waals surface area contributed by atoms with Crippen LogP contribution < -0.4 is 10.2 Å². The molecular weight excluding hydrogens is 339 g/mol. The van der Waals surface area contributed by atoms with E-state index in [1.54, 1.807) is 12.1 Å². The van der Waals surface area contributed by atoms with E-state index in [1.165, 1.54) is 23.5 Å². The number of ketones is 1. The highest BCUT2D eigenvalue weighted by molar-refractivity contribution is 7.12. The number of hydrogen-bond donors (Lipinski definition) is 1. The van der Waals surface area contributed by atoms with E-state index < -0.39 is 0 Å². The summed E-state index contributed by atoms with van der Waals surface area (Å²) in [5, 5.41) is 4.88. The average molecular weight is 360 g/mol. The van der Waals surface area contributed by atoms with Crippen LogP contribution in [0.25, 0.3) is 0 Å². The first-order valence-corrected chi connectivity index (χ1v) is 9.36. The monoisotopic (exact) mass is 360 g/mol. The van der Waals surface area contributed by atoms with Crippen LogP contribution in [-0.4, -0.2) is 30.8 Å². The van der Waals surface area contributed by atoms with Crippen LogP contribution in [-0.2, 0) is 4.79 Å². The number of piperidine rings is 1. The fourth-order valence-electron chi connectivity index (χ4n) is 3.04. The van der Waals surface area contributed by atoms with Crippen molar-refractivity contribution in [1.29, 1.82) is 0 Å². The van der Waals surface area contributed by atoms with Crippen LogP contribution in [0.4, 0.5) is 10.1 Å². The third-order valence-corrected chi connectivity index (χ3v) is 5.32. The Kier molecular flexibility index (Phi) is 5.81. The molecule has 0 radical (unpaired) electrons. The lowest BCUT2D eigenvalue weighted by Gasteiger charge is -2.34. The molecule has 0 saturated carbocycles. The molecule has 1 amide bonds. The van der Waals surface area contributed by atoms with Crippen molar-refractivity contribution in [3.63, 3.8) is 0 Å². The Hall–Kier alpha value is -2.21. The zero-order valence-electron chi connectivity index (χ0n) is 13.9. The van der Waals surface area contributed by atoms with E-state index in [2.05, 4.69) is 10.2 Å². The Labute approximate surface area is 150 Å². The maximum atomic E-state index is 13.3. The number of rotatable bonds is 6. The molecule has 1 aliphatic rings. The van der Waals surface area contributed by atoms with Crippen molar-refractivity contribution in [2.45, 2.75) is 31.7 Å². The molecule has 4 nitrogen and oxygen atoms in total. The van der Waals surface area contributed by atoms with Crippen molar-refractivity contribution in [1.82, 2.24) is 5.32 Å². The highest BCUT2D eigenvalue weighted by Crippen LogP contribution is 2.21. The molecule has 132 valence electrons. The first-order valence-electron chi connectivity index (χ1n) is 8.48. The molecule has 3 rings (SSSR count). The van der Waals surface area contributed by atoms with Gasteiger partial charge in [0.25, 0.3) is 0 Å². The number of carbonyl (C=O) groups is 2. The van der Waals surface area contributed by atoms with Gasteiger partial charge in [0.2, 0.25) is 5.91 Å². The van der Waals surface area contributed by atoms with Gasteiger partial charge in [-0.2, -0.15) is 0 Å². The Morgan fingerprint density at radius 3 is 2.64 bits per heavy atom. The standard InChI is InChI=1S/C19H21FN2O2S/c20-14-3-1-4-16(13-14)22-10-8-15(9-11-22)21-19(24)7-6-17(23)18-5-2-12-25-18/h1-5,12-13,15H,6-11H2,(H,21,24). The van der Waals surface area contributed by atoms with E-state index in [0.717, 1.165) is 31.6 Å². The van der Waals surface area contributed by atoms with Gasteiger partial charge in [-0.05, 0) is 42.5 Å². The van der Waals surface area contributed by atoms with E-state index >= 15 is 0 Å². The Morgan fingerprint density at radius 1 is 1.16 bits per heavy atom. The number of amides is 1.